The first-order chi connectivity index (χ1) is 15.6. The lowest BCUT2D eigenvalue weighted by Gasteiger charge is -2.34. The van der Waals surface area contributed by atoms with E-state index >= 15 is 0 Å². The fourth-order valence-electron chi connectivity index (χ4n) is 3.77. The first-order valence-corrected chi connectivity index (χ1v) is 11.6. The number of benzene rings is 2. The van der Waals surface area contributed by atoms with Gasteiger partial charge in [-0.1, -0.05) is 12.1 Å². The van der Waals surface area contributed by atoms with Crippen molar-refractivity contribution < 1.29 is 9.53 Å². The van der Waals surface area contributed by atoms with Gasteiger partial charge in [-0.2, -0.15) is 5.26 Å². The second-order valence-corrected chi connectivity index (χ2v) is 8.77. The Morgan fingerprint density at radius 3 is 2.41 bits per heavy atom. The Morgan fingerprint density at radius 1 is 1.09 bits per heavy atom. The minimum absolute atomic E-state index is 0.0650. The number of hydrogen-bond acceptors (Lipinski definition) is 6. The van der Waals surface area contributed by atoms with E-state index in [2.05, 4.69) is 16.0 Å². The highest BCUT2D eigenvalue weighted by Gasteiger charge is 2.25. The van der Waals surface area contributed by atoms with Gasteiger partial charge in [-0.3, -0.25) is 9.69 Å². The van der Waals surface area contributed by atoms with Crippen molar-refractivity contribution in [2.24, 2.45) is 0 Å². The van der Waals surface area contributed by atoms with Crippen LogP contribution in [0.5, 0.6) is 5.75 Å². The summed E-state index contributed by atoms with van der Waals surface area (Å²) in [4.78, 5) is 22.8. The number of piperazine rings is 1. The first kappa shape index (κ1) is 22.0. The number of nitrogens with zero attached hydrogens (tertiary/aromatic N) is 4. The van der Waals surface area contributed by atoms with E-state index < -0.39 is 0 Å². The van der Waals surface area contributed by atoms with Crippen molar-refractivity contribution in [3.63, 3.8) is 0 Å². The fraction of sp³-hybridized carbons (Fsp3) is 0.320. The van der Waals surface area contributed by atoms with Crippen molar-refractivity contribution in [3.05, 3.63) is 70.2 Å². The summed E-state index contributed by atoms with van der Waals surface area (Å²) in [6.45, 7) is 8.39. The monoisotopic (exact) mass is 446 g/mol. The van der Waals surface area contributed by atoms with Gasteiger partial charge < -0.3 is 9.64 Å². The highest BCUT2D eigenvalue weighted by Crippen LogP contribution is 2.30. The molecular weight excluding hydrogens is 420 g/mol. The molecule has 1 aromatic heterocycles. The summed E-state index contributed by atoms with van der Waals surface area (Å²) < 4.78 is 5.51. The largest absolute Gasteiger partial charge is 0.494 e. The predicted octanol–water partition coefficient (Wildman–Crippen LogP) is 4.35. The molecule has 1 aliphatic rings. The lowest BCUT2D eigenvalue weighted by molar-refractivity contribution is 0.0632. The van der Waals surface area contributed by atoms with Crippen molar-refractivity contribution in [1.82, 2.24) is 14.8 Å². The van der Waals surface area contributed by atoms with Gasteiger partial charge in [0.15, 0.2) is 0 Å². The summed E-state index contributed by atoms with van der Waals surface area (Å²) in [6, 6.07) is 17.7. The van der Waals surface area contributed by atoms with Crippen molar-refractivity contribution in [3.8, 4) is 22.4 Å². The Balaban J connectivity index is 1.37. The maximum absolute atomic E-state index is 13.2. The average Bonchev–Trinajstić information content (AvgIpc) is 3.22. The number of ether oxygens (including phenoxy) is 1. The molecule has 1 aliphatic heterocycles. The van der Waals surface area contributed by atoms with E-state index in [-0.39, 0.29) is 5.91 Å². The summed E-state index contributed by atoms with van der Waals surface area (Å²) in [7, 11) is 0. The third kappa shape index (κ3) is 4.98. The van der Waals surface area contributed by atoms with Crippen molar-refractivity contribution in [2.75, 3.05) is 32.8 Å². The lowest BCUT2D eigenvalue weighted by atomic mass is 10.1. The van der Waals surface area contributed by atoms with Crippen LogP contribution in [-0.4, -0.2) is 53.5 Å². The molecule has 0 unspecified atom stereocenters. The fourth-order valence-corrected chi connectivity index (χ4v) is 4.81. The zero-order valence-electron chi connectivity index (χ0n) is 18.4. The molecule has 4 rings (SSSR count). The minimum atomic E-state index is 0.0650. The number of aryl methyl sites for hydroxylation is 1. The topological polar surface area (TPSA) is 69.5 Å². The Hall–Kier alpha value is -3.21. The Morgan fingerprint density at radius 2 is 1.78 bits per heavy atom. The standard InChI is InChI=1S/C25H26N4O2S/c1-3-31-22-10-8-21(9-11-22)24-27-18(2)23(32-24)25(30)29-14-12-28(13-15-29)17-20-6-4-19(16-26)5-7-20/h4-11H,3,12-15,17H2,1-2H3. The van der Waals surface area contributed by atoms with Gasteiger partial charge in [0.1, 0.15) is 15.6 Å². The van der Waals surface area contributed by atoms with Gasteiger partial charge in [-0.15, -0.1) is 11.3 Å². The molecule has 3 aromatic rings. The third-order valence-electron chi connectivity index (χ3n) is 5.55. The summed E-state index contributed by atoms with van der Waals surface area (Å²) in [5, 5.41) is 9.79. The normalized spacial score (nSPS) is 14.2. The number of carbonyl (C=O) groups is 1. The van der Waals surface area contributed by atoms with E-state index in [0.29, 0.717) is 25.3 Å². The van der Waals surface area contributed by atoms with E-state index in [4.69, 9.17) is 10.00 Å². The molecule has 2 heterocycles. The molecule has 1 amide bonds. The van der Waals surface area contributed by atoms with Crippen LogP contribution in [-0.2, 0) is 6.54 Å². The summed E-state index contributed by atoms with van der Waals surface area (Å²) in [5.41, 5.74) is 3.63. The number of rotatable bonds is 6. The Kier molecular flexibility index (Phi) is 6.84. The van der Waals surface area contributed by atoms with Crippen LogP contribution in [0.15, 0.2) is 48.5 Å². The van der Waals surface area contributed by atoms with Gasteiger partial charge in [0.05, 0.1) is 23.9 Å². The van der Waals surface area contributed by atoms with Crippen molar-refractivity contribution in [1.29, 1.82) is 5.26 Å². The average molecular weight is 447 g/mol. The van der Waals surface area contributed by atoms with E-state index in [9.17, 15) is 4.79 Å². The van der Waals surface area contributed by atoms with Crippen LogP contribution in [0.3, 0.4) is 0 Å². The van der Waals surface area contributed by atoms with Crippen molar-refractivity contribution >= 4 is 17.2 Å². The van der Waals surface area contributed by atoms with Crippen LogP contribution < -0.4 is 4.74 Å². The number of aromatic nitrogens is 1. The predicted molar refractivity (Wildman–Crippen MR) is 126 cm³/mol. The van der Waals surface area contributed by atoms with Crippen LogP contribution in [0.25, 0.3) is 10.6 Å². The first-order valence-electron chi connectivity index (χ1n) is 10.8. The van der Waals surface area contributed by atoms with Crippen LogP contribution in [0.1, 0.15) is 33.4 Å². The minimum Gasteiger partial charge on any atom is -0.494 e. The molecule has 1 saturated heterocycles. The smallest absolute Gasteiger partial charge is 0.265 e. The van der Waals surface area contributed by atoms with Gasteiger partial charge in [0.2, 0.25) is 0 Å². The van der Waals surface area contributed by atoms with Crippen molar-refractivity contribution in [2.45, 2.75) is 20.4 Å². The van der Waals surface area contributed by atoms with Gasteiger partial charge in [0.25, 0.3) is 5.91 Å². The molecule has 1 fully saturated rings. The van der Waals surface area contributed by atoms with E-state index in [1.54, 1.807) is 0 Å². The van der Waals surface area contributed by atoms with Crippen LogP contribution in [0.4, 0.5) is 0 Å². The Bertz CT molecular complexity index is 1110. The molecular formula is C25H26N4O2S. The molecule has 32 heavy (non-hydrogen) atoms. The summed E-state index contributed by atoms with van der Waals surface area (Å²) in [6.07, 6.45) is 0. The van der Waals surface area contributed by atoms with Gasteiger partial charge in [0, 0.05) is 38.3 Å². The zero-order valence-corrected chi connectivity index (χ0v) is 19.2. The molecule has 0 spiro atoms. The van der Waals surface area contributed by atoms with E-state index in [1.165, 1.54) is 16.9 Å². The maximum Gasteiger partial charge on any atom is 0.265 e. The quantitative estimate of drug-likeness (QED) is 0.563. The lowest BCUT2D eigenvalue weighted by Crippen LogP contribution is -2.48. The van der Waals surface area contributed by atoms with Crippen LogP contribution >= 0.6 is 11.3 Å². The maximum atomic E-state index is 13.2. The molecule has 6 nitrogen and oxygen atoms in total. The highest BCUT2D eigenvalue weighted by molar-refractivity contribution is 7.17. The molecule has 164 valence electrons. The molecule has 7 heteroatoms. The number of hydrogen-bond donors (Lipinski definition) is 0. The number of amides is 1. The third-order valence-corrected chi connectivity index (χ3v) is 6.75. The van der Waals surface area contributed by atoms with Crippen LogP contribution in [0.2, 0.25) is 0 Å². The van der Waals surface area contributed by atoms with E-state index in [1.807, 2.05) is 67.3 Å². The summed E-state index contributed by atoms with van der Waals surface area (Å²) >= 11 is 1.46. The molecule has 0 N–H and O–H groups in total. The number of carbonyl (C=O) groups excluding carboxylic acids is 1. The molecule has 0 bridgehead atoms. The van der Waals surface area contributed by atoms with Gasteiger partial charge >= 0.3 is 0 Å². The van der Waals surface area contributed by atoms with Gasteiger partial charge in [-0.25, -0.2) is 4.98 Å². The molecule has 2 aromatic carbocycles. The van der Waals surface area contributed by atoms with Crippen LogP contribution in [0, 0.1) is 18.3 Å². The second-order valence-electron chi connectivity index (χ2n) is 7.77. The summed E-state index contributed by atoms with van der Waals surface area (Å²) in [5.74, 6) is 0.898. The number of thiazole rings is 1. The second kappa shape index (κ2) is 9.94. The zero-order chi connectivity index (χ0) is 22.5. The molecule has 0 atom stereocenters. The molecule has 0 aliphatic carbocycles. The molecule has 0 radical (unpaired) electrons. The van der Waals surface area contributed by atoms with E-state index in [0.717, 1.165) is 46.5 Å². The Labute approximate surface area is 192 Å². The highest BCUT2D eigenvalue weighted by atomic mass is 32.1. The van der Waals surface area contributed by atoms with Gasteiger partial charge in [-0.05, 0) is 55.8 Å². The number of nitriles is 1. The molecule has 0 saturated carbocycles. The SMILES string of the molecule is CCOc1ccc(-c2nc(C)c(C(=O)N3CCN(Cc4ccc(C#N)cc4)CC3)s2)cc1.